The molecule has 17 heavy (non-hydrogen) atoms. The first kappa shape index (κ1) is 15.5. The molecule has 1 saturated carbocycles. The van der Waals surface area contributed by atoms with E-state index in [0.717, 1.165) is 5.66 Å². The third-order valence-corrected chi connectivity index (χ3v) is 9.90. The molecule has 0 heterocycles. The van der Waals surface area contributed by atoms with Crippen LogP contribution in [0.25, 0.3) is 0 Å². The Balaban J connectivity index is 2.58. The summed E-state index contributed by atoms with van der Waals surface area (Å²) in [5.41, 5.74) is 2.28. The first-order valence-electron chi connectivity index (χ1n) is 7.58. The Bertz CT molecular complexity index is 239. The second-order valence-corrected chi connectivity index (χ2v) is 13.8. The predicted molar refractivity (Wildman–Crippen MR) is 85.1 cm³/mol. The van der Waals surface area contributed by atoms with E-state index in [0.29, 0.717) is 10.8 Å². The Morgan fingerprint density at radius 2 is 1.59 bits per heavy atom. The van der Waals surface area contributed by atoms with E-state index in [-0.39, 0.29) is 0 Å². The van der Waals surface area contributed by atoms with Gasteiger partial charge in [0.05, 0.1) is 0 Å². The molecular formula is C16H35P. The van der Waals surface area contributed by atoms with E-state index in [2.05, 4.69) is 47.9 Å². The van der Waals surface area contributed by atoms with Crippen molar-refractivity contribution in [1.29, 1.82) is 0 Å². The molecule has 0 saturated heterocycles. The van der Waals surface area contributed by atoms with Crippen molar-refractivity contribution in [2.45, 2.75) is 72.4 Å². The Morgan fingerprint density at radius 1 is 1.12 bits per heavy atom. The van der Waals surface area contributed by atoms with Crippen molar-refractivity contribution < 1.29 is 0 Å². The second kappa shape index (κ2) is 5.20. The first-order valence-corrected chi connectivity index (χ1v) is 10.9. The summed E-state index contributed by atoms with van der Waals surface area (Å²) in [6.45, 7) is 17.4. The Morgan fingerprint density at radius 3 is 1.94 bits per heavy atom. The van der Waals surface area contributed by atoms with Gasteiger partial charge in [-0.1, -0.05) is 0 Å². The quantitative estimate of drug-likeness (QED) is 0.594. The molecule has 1 aliphatic carbocycles. The molecule has 0 N–H and O–H groups in total. The zero-order valence-corrected chi connectivity index (χ0v) is 14.3. The van der Waals surface area contributed by atoms with Gasteiger partial charge < -0.3 is 0 Å². The minimum absolute atomic E-state index is 0.529. The normalized spacial score (nSPS) is 32.5. The molecule has 0 spiro atoms. The van der Waals surface area contributed by atoms with Crippen LogP contribution in [-0.2, 0) is 0 Å². The van der Waals surface area contributed by atoms with Gasteiger partial charge in [0.15, 0.2) is 0 Å². The molecule has 0 atom stereocenters. The fourth-order valence-corrected chi connectivity index (χ4v) is 8.83. The van der Waals surface area contributed by atoms with E-state index in [1.807, 2.05) is 0 Å². The molecule has 1 heteroatoms. The number of rotatable bonds is 3. The van der Waals surface area contributed by atoms with E-state index >= 15 is 0 Å². The summed E-state index contributed by atoms with van der Waals surface area (Å²) in [5, 5.41) is 0. The molecule has 0 aliphatic heterocycles. The van der Waals surface area contributed by atoms with E-state index in [9.17, 15) is 0 Å². The predicted octanol–water partition coefficient (Wildman–Crippen LogP) is 5.40. The van der Waals surface area contributed by atoms with Crippen molar-refractivity contribution in [2.75, 3.05) is 19.5 Å². The van der Waals surface area contributed by atoms with Crippen LogP contribution in [0.5, 0.6) is 0 Å². The average Bonchev–Trinajstić information content (AvgIpc) is 2.15. The summed E-state index contributed by atoms with van der Waals surface area (Å²) < 4.78 is 0. The van der Waals surface area contributed by atoms with Gasteiger partial charge in [-0.15, -0.1) is 0 Å². The maximum atomic E-state index is 2.64. The molecule has 0 unspecified atom stereocenters. The number of hydrogen-bond acceptors (Lipinski definition) is 0. The summed E-state index contributed by atoms with van der Waals surface area (Å²) in [6, 6.07) is 0. The zero-order chi connectivity index (χ0) is 13.3. The summed E-state index contributed by atoms with van der Waals surface area (Å²) in [7, 11) is -1.01. The van der Waals surface area contributed by atoms with Crippen molar-refractivity contribution in [3.63, 3.8) is 0 Å². The Labute approximate surface area is 110 Å². The standard InChI is InChI=1S/C16H35P/c1-8-16(5)11-9-14(10-12-16)17(6,7)13-15(2,3)4/h14,17H,8-13H2,1-7H3. The fraction of sp³-hybridized carbons (Fsp3) is 1.00. The van der Waals surface area contributed by atoms with Gasteiger partial charge in [0.1, 0.15) is 0 Å². The van der Waals surface area contributed by atoms with Gasteiger partial charge in [-0.25, -0.2) is 0 Å². The topological polar surface area (TPSA) is 0 Å². The fourth-order valence-electron chi connectivity index (χ4n) is 3.96. The van der Waals surface area contributed by atoms with Crippen LogP contribution in [0.15, 0.2) is 0 Å². The van der Waals surface area contributed by atoms with Gasteiger partial charge >= 0.3 is 110 Å². The van der Waals surface area contributed by atoms with E-state index in [4.69, 9.17) is 0 Å². The molecule has 1 rings (SSSR count). The van der Waals surface area contributed by atoms with Crippen LogP contribution in [0.3, 0.4) is 0 Å². The molecule has 0 aromatic carbocycles. The van der Waals surface area contributed by atoms with Crippen molar-refractivity contribution in [2.24, 2.45) is 10.8 Å². The maximum absolute atomic E-state index is 2.64. The molecule has 0 nitrogen and oxygen atoms in total. The minimum atomic E-state index is -1.01. The molecule has 0 amide bonds. The third kappa shape index (κ3) is 4.55. The zero-order valence-electron chi connectivity index (χ0n) is 13.3. The van der Waals surface area contributed by atoms with Gasteiger partial charge in [0, 0.05) is 0 Å². The van der Waals surface area contributed by atoms with Crippen LogP contribution >= 0.6 is 7.26 Å². The molecule has 0 aromatic heterocycles. The molecule has 1 aliphatic rings. The summed E-state index contributed by atoms with van der Waals surface area (Å²) in [4.78, 5) is 0. The average molecular weight is 258 g/mol. The van der Waals surface area contributed by atoms with Crippen LogP contribution in [-0.4, -0.2) is 25.2 Å². The molecule has 0 bridgehead atoms. The van der Waals surface area contributed by atoms with Crippen LogP contribution in [0.2, 0.25) is 0 Å². The summed E-state index contributed by atoms with van der Waals surface area (Å²) >= 11 is 0. The van der Waals surface area contributed by atoms with Crippen LogP contribution < -0.4 is 0 Å². The van der Waals surface area contributed by atoms with Gasteiger partial charge in [-0.05, 0) is 0 Å². The Kier molecular flexibility index (Phi) is 4.74. The third-order valence-electron chi connectivity index (χ3n) is 5.14. The summed E-state index contributed by atoms with van der Waals surface area (Å²) in [5.74, 6) is 0. The van der Waals surface area contributed by atoms with Crippen LogP contribution in [0.1, 0.15) is 66.7 Å². The van der Waals surface area contributed by atoms with E-state index < -0.39 is 7.26 Å². The number of hydrogen-bond donors (Lipinski definition) is 0. The van der Waals surface area contributed by atoms with Crippen molar-refractivity contribution in [3.8, 4) is 0 Å². The van der Waals surface area contributed by atoms with Gasteiger partial charge in [-0.3, -0.25) is 0 Å². The van der Waals surface area contributed by atoms with Crippen molar-refractivity contribution in [3.05, 3.63) is 0 Å². The van der Waals surface area contributed by atoms with E-state index in [1.54, 1.807) is 0 Å². The molecule has 0 aromatic rings. The second-order valence-electron chi connectivity index (χ2n) is 8.66. The van der Waals surface area contributed by atoms with Gasteiger partial charge in [-0.2, -0.15) is 0 Å². The van der Waals surface area contributed by atoms with Crippen LogP contribution in [0, 0.1) is 10.8 Å². The summed E-state index contributed by atoms with van der Waals surface area (Å²) in [6.07, 6.45) is 8.86. The van der Waals surface area contributed by atoms with Crippen LogP contribution in [0.4, 0.5) is 0 Å². The van der Waals surface area contributed by atoms with Crippen molar-refractivity contribution in [1.82, 2.24) is 0 Å². The Hall–Kier alpha value is 0.430. The van der Waals surface area contributed by atoms with Gasteiger partial charge in [0.2, 0.25) is 0 Å². The molecule has 1 fully saturated rings. The molecule has 104 valence electrons. The SMILES string of the molecule is CCC1(C)CCC([PH](C)(C)CC(C)(C)C)CC1. The monoisotopic (exact) mass is 258 g/mol. The first-order chi connectivity index (χ1) is 7.58. The van der Waals surface area contributed by atoms with E-state index in [1.165, 1.54) is 38.3 Å². The molecular weight excluding hydrogens is 223 g/mol. The van der Waals surface area contributed by atoms with Gasteiger partial charge in [0.25, 0.3) is 0 Å². The van der Waals surface area contributed by atoms with Crippen molar-refractivity contribution >= 4 is 7.26 Å². The molecule has 0 radical (unpaired) electrons.